The molecule has 0 aromatic heterocycles. The molecule has 1 atom stereocenters. The quantitative estimate of drug-likeness (QED) is 0.707. The van der Waals surface area contributed by atoms with E-state index in [4.69, 9.17) is 9.47 Å². The van der Waals surface area contributed by atoms with Crippen LogP contribution in [0.4, 0.5) is 0 Å². The molecular weight excluding hydrogens is 216 g/mol. The summed E-state index contributed by atoms with van der Waals surface area (Å²) < 4.78 is 10.6. The molecule has 3 nitrogen and oxygen atoms in total. The first-order chi connectivity index (χ1) is 8.24. The second-order valence-electron chi connectivity index (χ2n) is 4.11. The fraction of sp³-hybridized carbons (Fsp3) is 0.571. The van der Waals surface area contributed by atoms with E-state index < -0.39 is 6.10 Å². The average Bonchev–Trinajstić information content (AvgIpc) is 2.34. The van der Waals surface area contributed by atoms with E-state index in [0.717, 1.165) is 18.6 Å². The van der Waals surface area contributed by atoms with Crippen LogP contribution in [-0.2, 0) is 9.47 Å². The van der Waals surface area contributed by atoms with Gasteiger partial charge in [-0.3, -0.25) is 0 Å². The van der Waals surface area contributed by atoms with Crippen molar-refractivity contribution in [2.45, 2.75) is 26.4 Å². The lowest BCUT2D eigenvalue weighted by Gasteiger charge is -2.12. The highest BCUT2D eigenvalue weighted by Gasteiger charge is 2.06. The summed E-state index contributed by atoms with van der Waals surface area (Å²) in [5.41, 5.74) is 2.08. The molecule has 0 aliphatic heterocycles. The maximum atomic E-state index is 9.85. The van der Waals surface area contributed by atoms with Crippen LogP contribution in [-0.4, -0.2) is 31.5 Å². The lowest BCUT2D eigenvalue weighted by Crippen LogP contribution is -2.11. The molecule has 0 spiro atoms. The minimum atomic E-state index is -0.554. The lowest BCUT2D eigenvalue weighted by molar-refractivity contribution is 0.00326. The van der Waals surface area contributed by atoms with E-state index in [2.05, 4.69) is 6.92 Å². The predicted molar refractivity (Wildman–Crippen MR) is 68.1 cm³/mol. The topological polar surface area (TPSA) is 38.7 Å². The van der Waals surface area contributed by atoms with Crippen molar-refractivity contribution in [1.29, 1.82) is 0 Å². The van der Waals surface area contributed by atoms with Crippen LogP contribution in [0.2, 0.25) is 0 Å². The summed E-state index contributed by atoms with van der Waals surface area (Å²) in [5.74, 6) is 0. The third-order valence-corrected chi connectivity index (χ3v) is 2.46. The average molecular weight is 238 g/mol. The van der Waals surface area contributed by atoms with Gasteiger partial charge < -0.3 is 14.6 Å². The molecule has 0 radical (unpaired) electrons. The summed E-state index contributed by atoms with van der Waals surface area (Å²) in [7, 11) is 0. The Balaban J connectivity index is 2.16. The van der Waals surface area contributed by atoms with Gasteiger partial charge in [0.25, 0.3) is 0 Å². The summed E-state index contributed by atoms with van der Waals surface area (Å²) in [6.45, 7) is 6.31. The Bertz CT molecular complexity index is 295. The first kappa shape index (κ1) is 14.2. The van der Waals surface area contributed by atoms with Crippen LogP contribution in [0.5, 0.6) is 0 Å². The molecule has 0 fully saturated rings. The van der Waals surface area contributed by atoms with Gasteiger partial charge in [0.2, 0.25) is 0 Å². The summed E-state index contributed by atoms with van der Waals surface area (Å²) >= 11 is 0. The zero-order valence-corrected chi connectivity index (χ0v) is 10.7. The van der Waals surface area contributed by atoms with E-state index >= 15 is 0 Å². The van der Waals surface area contributed by atoms with Crippen LogP contribution < -0.4 is 0 Å². The largest absolute Gasteiger partial charge is 0.386 e. The maximum Gasteiger partial charge on any atom is 0.102 e. The van der Waals surface area contributed by atoms with Gasteiger partial charge in [0.05, 0.1) is 19.8 Å². The van der Waals surface area contributed by atoms with Crippen molar-refractivity contribution in [3.63, 3.8) is 0 Å². The molecule has 1 unspecified atom stereocenters. The molecule has 1 aromatic rings. The third kappa shape index (κ3) is 5.82. The van der Waals surface area contributed by atoms with Gasteiger partial charge in [-0.15, -0.1) is 0 Å². The highest BCUT2D eigenvalue weighted by Crippen LogP contribution is 2.13. The number of aryl methyl sites for hydroxylation is 1. The first-order valence-corrected chi connectivity index (χ1v) is 6.14. The molecule has 17 heavy (non-hydrogen) atoms. The first-order valence-electron chi connectivity index (χ1n) is 6.14. The smallest absolute Gasteiger partial charge is 0.102 e. The molecule has 0 heterocycles. The van der Waals surface area contributed by atoms with E-state index in [1.807, 2.05) is 31.2 Å². The Hall–Kier alpha value is -0.900. The Kier molecular flexibility index (Phi) is 6.86. The number of aliphatic hydroxyl groups is 1. The Labute approximate surface area is 103 Å². The molecule has 1 rings (SSSR count). The number of hydrogen-bond donors (Lipinski definition) is 1. The second-order valence-corrected chi connectivity index (χ2v) is 4.11. The molecular formula is C14H22O3. The van der Waals surface area contributed by atoms with E-state index in [-0.39, 0.29) is 0 Å². The van der Waals surface area contributed by atoms with Crippen LogP contribution in [0.25, 0.3) is 0 Å². The number of rotatable bonds is 8. The van der Waals surface area contributed by atoms with Gasteiger partial charge in [0, 0.05) is 6.61 Å². The molecule has 0 aliphatic carbocycles. The predicted octanol–water partition coefficient (Wildman–Crippen LogP) is 2.47. The minimum absolute atomic E-state index is 0.318. The third-order valence-electron chi connectivity index (χ3n) is 2.46. The lowest BCUT2D eigenvalue weighted by atomic mass is 10.1. The zero-order chi connectivity index (χ0) is 12.5. The van der Waals surface area contributed by atoms with Gasteiger partial charge in [-0.05, 0) is 18.9 Å². The van der Waals surface area contributed by atoms with E-state index in [0.29, 0.717) is 19.8 Å². The molecule has 1 aromatic carbocycles. The Morgan fingerprint density at radius 2 is 1.71 bits per heavy atom. The molecule has 0 amide bonds. The molecule has 96 valence electrons. The van der Waals surface area contributed by atoms with Crippen LogP contribution in [0.15, 0.2) is 24.3 Å². The van der Waals surface area contributed by atoms with Crippen LogP contribution >= 0.6 is 0 Å². The molecule has 0 saturated heterocycles. The van der Waals surface area contributed by atoms with Crippen molar-refractivity contribution in [2.24, 2.45) is 0 Å². The highest BCUT2D eigenvalue weighted by atomic mass is 16.5. The SMILES string of the molecule is CCCOCCOCC(O)c1ccc(C)cc1. The monoisotopic (exact) mass is 238 g/mol. The number of benzene rings is 1. The Morgan fingerprint density at radius 3 is 2.35 bits per heavy atom. The highest BCUT2D eigenvalue weighted by molar-refractivity contribution is 5.23. The maximum absolute atomic E-state index is 9.85. The van der Waals surface area contributed by atoms with Crippen LogP contribution in [0.3, 0.4) is 0 Å². The van der Waals surface area contributed by atoms with Gasteiger partial charge in [-0.25, -0.2) is 0 Å². The number of aliphatic hydroxyl groups excluding tert-OH is 1. The summed E-state index contributed by atoms with van der Waals surface area (Å²) in [5, 5.41) is 9.85. The summed E-state index contributed by atoms with van der Waals surface area (Å²) in [6, 6.07) is 7.83. The fourth-order valence-corrected chi connectivity index (χ4v) is 1.44. The van der Waals surface area contributed by atoms with Crippen molar-refractivity contribution in [3.8, 4) is 0 Å². The van der Waals surface area contributed by atoms with E-state index in [1.165, 1.54) is 5.56 Å². The summed E-state index contributed by atoms with van der Waals surface area (Å²) in [4.78, 5) is 0. The van der Waals surface area contributed by atoms with E-state index in [1.54, 1.807) is 0 Å². The van der Waals surface area contributed by atoms with Crippen LogP contribution in [0.1, 0.15) is 30.6 Å². The molecule has 0 saturated carbocycles. The van der Waals surface area contributed by atoms with Gasteiger partial charge in [-0.2, -0.15) is 0 Å². The van der Waals surface area contributed by atoms with Crippen molar-refractivity contribution < 1.29 is 14.6 Å². The standard InChI is InChI=1S/C14H22O3/c1-3-8-16-9-10-17-11-14(15)13-6-4-12(2)5-7-13/h4-7,14-15H,3,8-11H2,1-2H3. The molecule has 0 aliphatic rings. The Morgan fingerprint density at radius 1 is 1.06 bits per heavy atom. The summed E-state index contributed by atoms with van der Waals surface area (Å²) in [6.07, 6.45) is 0.466. The minimum Gasteiger partial charge on any atom is -0.386 e. The molecule has 1 N–H and O–H groups in total. The van der Waals surface area contributed by atoms with Gasteiger partial charge in [-0.1, -0.05) is 36.8 Å². The zero-order valence-electron chi connectivity index (χ0n) is 10.7. The van der Waals surface area contributed by atoms with E-state index in [9.17, 15) is 5.11 Å². The van der Waals surface area contributed by atoms with Gasteiger partial charge in [0.15, 0.2) is 0 Å². The molecule has 0 bridgehead atoms. The normalized spacial score (nSPS) is 12.6. The van der Waals surface area contributed by atoms with Crippen molar-refractivity contribution in [1.82, 2.24) is 0 Å². The number of hydrogen-bond acceptors (Lipinski definition) is 3. The van der Waals surface area contributed by atoms with Crippen LogP contribution in [0, 0.1) is 6.92 Å². The fourth-order valence-electron chi connectivity index (χ4n) is 1.44. The number of ether oxygens (including phenoxy) is 2. The molecule has 3 heteroatoms. The van der Waals surface area contributed by atoms with Crippen molar-refractivity contribution >= 4 is 0 Å². The van der Waals surface area contributed by atoms with Crippen molar-refractivity contribution in [2.75, 3.05) is 26.4 Å². The van der Waals surface area contributed by atoms with Gasteiger partial charge in [0.1, 0.15) is 6.10 Å². The van der Waals surface area contributed by atoms with Crippen molar-refractivity contribution in [3.05, 3.63) is 35.4 Å². The second kappa shape index (κ2) is 8.23. The van der Waals surface area contributed by atoms with Gasteiger partial charge >= 0.3 is 0 Å².